The van der Waals surface area contributed by atoms with E-state index in [1.807, 2.05) is 78.9 Å². The number of hydrogen-bond donors (Lipinski definition) is 1. The number of halogens is 1. The van der Waals surface area contributed by atoms with E-state index in [1.54, 1.807) is 19.2 Å². The minimum Gasteiger partial charge on any atom is -0.497 e. The molecule has 0 radical (unpaired) electrons. The first-order chi connectivity index (χ1) is 17.7. The van der Waals surface area contributed by atoms with Crippen molar-refractivity contribution in [3.8, 4) is 17.2 Å². The Balaban J connectivity index is 1.52. The minimum absolute atomic E-state index is 0.381. The lowest BCUT2D eigenvalue weighted by Gasteiger charge is -2.16. The number of methoxy groups -OCH3 is 1. The van der Waals surface area contributed by atoms with E-state index in [0.29, 0.717) is 52.5 Å². The lowest BCUT2D eigenvalue weighted by molar-refractivity contribution is 0.292. The molecule has 5 rings (SSSR count). The predicted octanol–water partition coefficient (Wildman–Crippen LogP) is 7.19. The van der Waals surface area contributed by atoms with Gasteiger partial charge in [-0.1, -0.05) is 72.3 Å². The van der Waals surface area contributed by atoms with Gasteiger partial charge in [0.25, 0.3) is 0 Å². The van der Waals surface area contributed by atoms with Gasteiger partial charge in [0, 0.05) is 18.2 Å². The quantitative estimate of drug-likeness (QED) is 0.232. The van der Waals surface area contributed by atoms with Crippen LogP contribution >= 0.6 is 11.6 Å². The Bertz CT molecular complexity index is 1460. The topological polar surface area (TPSA) is 65.5 Å². The second-order valence-electron chi connectivity index (χ2n) is 8.06. The van der Waals surface area contributed by atoms with Gasteiger partial charge in [-0.25, -0.2) is 9.97 Å². The van der Waals surface area contributed by atoms with Crippen molar-refractivity contribution in [2.45, 2.75) is 13.2 Å². The van der Waals surface area contributed by atoms with Crippen LogP contribution in [-0.2, 0) is 13.2 Å². The van der Waals surface area contributed by atoms with Gasteiger partial charge in [0.05, 0.1) is 28.7 Å². The third-order valence-electron chi connectivity index (χ3n) is 5.59. The van der Waals surface area contributed by atoms with Crippen LogP contribution in [0.1, 0.15) is 11.1 Å². The van der Waals surface area contributed by atoms with Gasteiger partial charge in [-0.3, -0.25) is 0 Å². The van der Waals surface area contributed by atoms with Crippen LogP contribution in [0.25, 0.3) is 10.9 Å². The zero-order valence-electron chi connectivity index (χ0n) is 19.6. The Hall–Kier alpha value is -4.29. The number of ether oxygens (including phenoxy) is 3. The molecule has 36 heavy (non-hydrogen) atoms. The summed E-state index contributed by atoms with van der Waals surface area (Å²) < 4.78 is 17.7. The van der Waals surface area contributed by atoms with Crippen molar-refractivity contribution in [3.63, 3.8) is 0 Å². The van der Waals surface area contributed by atoms with Crippen molar-refractivity contribution < 1.29 is 14.2 Å². The Labute approximate surface area is 214 Å². The fraction of sp³-hybridized carbons (Fsp3) is 0.103. The van der Waals surface area contributed by atoms with Crippen molar-refractivity contribution in [3.05, 3.63) is 113 Å². The van der Waals surface area contributed by atoms with Crippen LogP contribution in [0, 0.1) is 0 Å². The number of anilines is 2. The standard InChI is InChI=1S/C29H24ClN3O3/c1-34-22-12-13-24(30)25(14-22)33-29-28-26(31-19-32-29)15-23(35-17-20-8-4-2-5-9-20)16-27(28)36-18-21-10-6-3-7-11-21/h2-16,19H,17-18H2,1H3,(H,31,32,33). The van der Waals surface area contributed by atoms with Gasteiger partial charge in [0.1, 0.15) is 42.6 Å². The summed E-state index contributed by atoms with van der Waals surface area (Å²) in [7, 11) is 1.61. The van der Waals surface area contributed by atoms with Crippen molar-refractivity contribution >= 4 is 34.0 Å². The normalized spacial score (nSPS) is 10.7. The summed E-state index contributed by atoms with van der Waals surface area (Å²) in [5.41, 5.74) is 3.46. The van der Waals surface area contributed by atoms with Gasteiger partial charge in [0.15, 0.2) is 0 Å². The fourth-order valence-electron chi connectivity index (χ4n) is 3.75. The molecular weight excluding hydrogens is 474 g/mol. The number of fused-ring (bicyclic) bond motifs is 1. The lowest BCUT2D eigenvalue weighted by atomic mass is 10.2. The number of aromatic nitrogens is 2. The van der Waals surface area contributed by atoms with E-state index in [9.17, 15) is 0 Å². The number of rotatable bonds is 9. The fourth-order valence-corrected chi connectivity index (χ4v) is 3.92. The van der Waals surface area contributed by atoms with Crippen LogP contribution in [0.4, 0.5) is 11.5 Å². The van der Waals surface area contributed by atoms with E-state index in [1.165, 1.54) is 6.33 Å². The molecule has 7 heteroatoms. The molecule has 0 bridgehead atoms. The second-order valence-corrected chi connectivity index (χ2v) is 8.46. The Morgan fingerprint density at radius 3 is 2.14 bits per heavy atom. The molecule has 180 valence electrons. The summed E-state index contributed by atoms with van der Waals surface area (Å²) in [5.74, 6) is 2.49. The van der Waals surface area contributed by atoms with Crippen LogP contribution < -0.4 is 19.5 Å². The van der Waals surface area contributed by atoms with E-state index in [4.69, 9.17) is 25.8 Å². The molecule has 0 aliphatic rings. The van der Waals surface area contributed by atoms with E-state index < -0.39 is 0 Å². The molecule has 0 aliphatic carbocycles. The SMILES string of the molecule is COc1ccc(Cl)c(Nc2ncnc3cc(OCc4ccccc4)cc(OCc4ccccc4)c23)c1. The third kappa shape index (κ3) is 5.50. The first kappa shape index (κ1) is 23.5. The highest BCUT2D eigenvalue weighted by Crippen LogP contribution is 2.38. The second kappa shape index (κ2) is 11.0. The maximum Gasteiger partial charge on any atom is 0.145 e. The van der Waals surface area contributed by atoms with Gasteiger partial charge in [0.2, 0.25) is 0 Å². The van der Waals surface area contributed by atoms with E-state index in [-0.39, 0.29) is 0 Å². The van der Waals surface area contributed by atoms with Crippen LogP contribution in [0.2, 0.25) is 5.02 Å². The highest BCUT2D eigenvalue weighted by molar-refractivity contribution is 6.33. The van der Waals surface area contributed by atoms with Crippen LogP contribution in [0.3, 0.4) is 0 Å². The van der Waals surface area contributed by atoms with Gasteiger partial charge in [-0.15, -0.1) is 0 Å². The van der Waals surface area contributed by atoms with Crippen LogP contribution in [0.15, 0.2) is 97.3 Å². The summed E-state index contributed by atoms with van der Waals surface area (Å²) in [6, 6.07) is 29.1. The van der Waals surface area contributed by atoms with Crippen molar-refractivity contribution in [1.29, 1.82) is 0 Å². The maximum atomic E-state index is 6.45. The average Bonchev–Trinajstić information content (AvgIpc) is 2.93. The smallest absolute Gasteiger partial charge is 0.145 e. The van der Waals surface area contributed by atoms with Gasteiger partial charge in [-0.05, 0) is 23.3 Å². The van der Waals surface area contributed by atoms with Crippen LogP contribution in [-0.4, -0.2) is 17.1 Å². The van der Waals surface area contributed by atoms with Crippen molar-refractivity contribution in [2.75, 3.05) is 12.4 Å². The molecular formula is C29H24ClN3O3. The number of benzene rings is 4. The third-order valence-corrected chi connectivity index (χ3v) is 5.92. The zero-order valence-corrected chi connectivity index (χ0v) is 20.4. The Morgan fingerprint density at radius 2 is 1.44 bits per heavy atom. The highest BCUT2D eigenvalue weighted by atomic mass is 35.5. The highest BCUT2D eigenvalue weighted by Gasteiger charge is 2.15. The molecule has 0 fully saturated rings. The molecule has 6 nitrogen and oxygen atoms in total. The molecule has 0 aliphatic heterocycles. The minimum atomic E-state index is 0.381. The molecule has 0 spiro atoms. The zero-order chi connectivity index (χ0) is 24.7. The monoisotopic (exact) mass is 497 g/mol. The predicted molar refractivity (Wildman–Crippen MR) is 142 cm³/mol. The molecule has 0 atom stereocenters. The van der Waals surface area contributed by atoms with Crippen molar-refractivity contribution in [1.82, 2.24) is 9.97 Å². The first-order valence-electron chi connectivity index (χ1n) is 11.4. The number of hydrogen-bond acceptors (Lipinski definition) is 6. The van der Waals surface area contributed by atoms with E-state index in [0.717, 1.165) is 16.5 Å². The molecule has 0 amide bonds. The summed E-state index contributed by atoms with van der Waals surface area (Å²) >= 11 is 6.45. The molecule has 1 aromatic heterocycles. The number of nitrogens with one attached hydrogen (secondary N) is 1. The Kier molecular flexibility index (Phi) is 7.15. The molecule has 1 heterocycles. The average molecular weight is 498 g/mol. The summed E-state index contributed by atoms with van der Waals surface area (Å²) in [4.78, 5) is 9.00. The first-order valence-corrected chi connectivity index (χ1v) is 11.8. The Morgan fingerprint density at radius 1 is 0.750 bits per heavy atom. The van der Waals surface area contributed by atoms with Gasteiger partial charge < -0.3 is 19.5 Å². The lowest BCUT2D eigenvalue weighted by Crippen LogP contribution is -2.02. The summed E-state index contributed by atoms with van der Waals surface area (Å²) in [6.45, 7) is 0.812. The molecule has 0 saturated carbocycles. The molecule has 5 aromatic rings. The number of nitrogens with zero attached hydrogens (tertiary/aromatic N) is 2. The molecule has 1 N–H and O–H groups in total. The van der Waals surface area contributed by atoms with Gasteiger partial charge >= 0.3 is 0 Å². The molecule has 0 unspecified atom stereocenters. The summed E-state index contributed by atoms with van der Waals surface area (Å²) in [5, 5.41) is 4.58. The maximum absolute atomic E-state index is 6.45. The molecule has 0 saturated heterocycles. The van der Waals surface area contributed by atoms with Crippen LogP contribution in [0.5, 0.6) is 17.2 Å². The molecule has 4 aromatic carbocycles. The van der Waals surface area contributed by atoms with Crippen molar-refractivity contribution in [2.24, 2.45) is 0 Å². The van der Waals surface area contributed by atoms with E-state index >= 15 is 0 Å². The summed E-state index contributed by atoms with van der Waals surface area (Å²) in [6.07, 6.45) is 1.50. The largest absolute Gasteiger partial charge is 0.497 e. The van der Waals surface area contributed by atoms with E-state index in [2.05, 4.69) is 15.3 Å². The van der Waals surface area contributed by atoms with Gasteiger partial charge in [-0.2, -0.15) is 0 Å².